The van der Waals surface area contributed by atoms with E-state index in [9.17, 15) is 14.0 Å². The molecule has 6 heteroatoms. The Kier molecular flexibility index (Phi) is 5.68. The van der Waals surface area contributed by atoms with Crippen molar-refractivity contribution in [3.05, 3.63) is 34.1 Å². The molecule has 1 amide bonds. The summed E-state index contributed by atoms with van der Waals surface area (Å²) in [5, 5.41) is 11.6. The second-order valence-electron chi connectivity index (χ2n) is 5.20. The Morgan fingerprint density at radius 3 is 2.65 bits per heavy atom. The molecule has 0 saturated heterocycles. The van der Waals surface area contributed by atoms with Gasteiger partial charge in [0.25, 0.3) is 0 Å². The fourth-order valence-electron chi connectivity index (χ4n) is 1.54. The van der Waals surface area contributed by atoms with Crippen LogP contribution < -0.4 is 5.32 Å². The average molecular weight is 346 g/mol. The van der Waals surface area contributed by atoms with Gasteiger partial charge >= 0.3 is 5.97 Å². The maximum Gasteiger partial charge on any atom is 0.309 e. The van der Waals surface area contributed by atoms with Gasteiger partial charge in [-0.1, -0.05) is 15.9 Å². The van der Waals surface area contributed by atoms with Gasteiger partial charge in [0.05, 0.1) is 11.8 Å². The Hall–Kier alpha value is -1.43. The number of halogens is 2. The number of hydrogen-bond acceptors (Lipinski definition) is 2. The van der Waals surface area contributed by atoms with Gasteiger partial charge in [-0.15, -0.1) is 0 Å². The first-order valence-corrected chi connectivity index (χ1v) is 6.96. The van der Waals surface area contributed by atoms with Crippen LogP contribution in [0.1, 0.15) is 25.8 Å². The molecular weight excluding hydrogens is 329 g/mol. The Morgan fingerprint density at radius 1 is 1.40 bits per heavy atom. The molecule has 4 nitrogen and oxygen atoms in total. The van der Waals surface area contributed by atoms with Gasteiger partial charge < -0.3 is 10.4 Å². The molecule has 0 aromatic heterocycles. The van der Waals surface area contributed by atoms with Crippen LogP contribution in [0.3, 0.4) is 0 Å². The summed E-state index contributed by atoms with van der Waals surface area (Å²) >= 11 is 3.25. The monoisotopic (exact) mass is 345 g/mol. The lowest BCUT2D eigenvalue weighted by Gasteiger charge is -2.18. The minimum atomic E-state index is -0.903. The lowest BCUT2D eigenvalue weighted by molar-refractivity contribution is -0.147. The van der Waals surface area contributed by atoms with Gasteiger partial charge in [-0.25, -0.2) is 4.39 Å². The van der Waals surface area contributed by atoms with Crippen molar-refractivity contribution in [3.63, 3.8) is 0 Å². The van der Waals surface area contributed by atoms with E-state index < -0.39 is 17.2 Å². The van der Waals surface area contributed by atoms with Crippen molar-refractivity contribution in [2.24, 2.45) is 5.41 Å². The fourth-order valence-corrected chi connectivity index (χ4v) is 1.92. The van der Waals surface area contributed by atoms with Crippen molar-refractivity contribution < 1.29 is 19.1 Å². The molecule has 0 unspecified atom stereocenters. The summed E-state index contributed by atoms with van der Waals surface area (Å²) in [5.41, 5.74) is -0.327. The number of carbonyl (C=O) groups excluding carboxylic acids is 1. The minimum Gasteiger partial charge on any atom is -0.481 e. The molecule has 20 heavy (non-hydrogen) atoms. The van der Waals surface area contributed by atoms with Crippen molar-refractivity contribution >= 4 is 27.8 Å². The highest BCUT2D eigenvalue weighted by molar-refractivity contribution is 9.10. The van der Waals surface area contributed by atoms with E-state index in [-0.39, 0.29) is 18.9 Å². The molecule has 0 spiro atoms. The van der Waals surface area contributed by atoms with Gasteiger partial charge in [0.1, 0.15) is 5.82 Å². The molecule has 0 saturated carbocycles. The Morgan fingerprint density at radius 2 is 2.05 bits per heavy atom. The van der Waals surface area contributed by atoms with Gasteiger partial charge in [-0.05, 0) is 44.0 Å². The summed E-state index contributed by atoms with van der Waals surface area (Å²) in [5.74, 6) is -1.57. The van der Waals surface area contributed by atoms with Crippen molar-refractivity contribution in [3.8, 4) is 0 Å². The van der Waals surface area contributed by atoms with Crippen LogP contribution in [0, 0.1) is 11.2 Å². The van der Waals surface area contributed by atoms with E-state index >= 15 is 0 Å². The zero-order valence-electron chi connectivity index (χ0n) is 11.4. The van der Waals surface area contributed by atoms with Crippen LogP contribution in [0.15, 0.2) is 22.7 Å². The summed E-state index contributed by atoms with van der Waals surface area (Å²) in [6, 6.07) is 4.15. The van der Waals surface area contributed by atoms with Crippen LogP contribution in [-0.2, 0) is 16.0 Å². The van der Waals surface area contributed by atoms with E-state index in [0.29, 0.717) is 16.5 Å². The maximum absolute atomic E-state index is 13.1. The van der Waals surface area contributed by atoms with Gasteiger partial charge in [0.15, 0.2) is 0 Å². The first-order chi connectivity index (χ1) is 9.22. The van der Waals surface area contributed by atoms with Gasteiger partial charge in [0.2, 0.25) is 5.91 Å². The molecule has 1 aromatic rings. The Bertz CT molecular complexity index is 517. The Labute approximate surface area is 125 Å². The zero-order valence-corrected chi connectivity index (χ0v) is 13.0. The van der Waals surface area contributed by atoms with Gasteiger partial charge in [-0.3, -0.25) is 9.59 Å². The summed E-state index contributed by atoms with van der Waals surface area (Å²) in [6.45, 7) is 3.47. The highest BCUT2D eigenvalue weighted by Crippen LogP contribution is 2.20. The van der Waals surface area contributed by atoms with Crippen molar-refractivity contribution in [1.29, 1.82) is 0 Å². The van der Waals surface area contributed by atoms with Crippen LogP contribution in [0.25, 0.3) is 0 Å². The second kappa shape index (κ2) is 6.83. The SMILES string of the molecule is CC(C)(CCNC(=O)Cc1cc(F)ccc1Br)C(=O)O. The summed E-state index contributed by atoms with van der Waals surface area (Å²) < 4.78 is 13.7. The van der Waals surface area contributed by atoms with Crippen LogP contribution in [0.5, 0.6) is 0 Å². The number of benzene rings is 1. The molecule has 0 heterocycles. The van der Waals surface area contributed by atoms with E-state index in [1.807, 2.05) is 0 Å². The Balaban J connectivity index is 2.49. The van der Waals surface area contributed by atoms with Crippen molar-refractivity contribution in [2.75, 3.05) is 6.54 Å². The van der Waals surface area contributed by atoms with Crippen LogP contribution in [0.4, 0.5) is 4.39 Å². The molecule has 110 valence electrons. The van der Waals surface area contributed by atoms with Crippen molar-refractivity contribution in [2.45, 2.75) is 26.7 Å². The zero-order chi connectivity index (χ0) is 15.3. The lowest BCUT2D eigenvalue weighted by Crippen LogP contribution is -2.32. The predicted molar refractivity (Wildman–Crippen MR) is 76.8 cm³/mol. The number of carbonyl (C=O) groups is 2. The number of amides is 1. The molecule has 1 aromatic carbocycles. The van der Waals surface area contributed by atoms with Gasteiger partial charge in [-0.2, -0.15) is 0 Å². The molecule has 0 atom stereocenters. The molecule has 0 aliphatic rings. The standard InChI is InChI=1S/C14H17BrFNO3/c1-14(2,13(19)20)5-6-17-12(18)8-9-7-10(16)3-4-11(9)15/h3-4,7H,5-6,8H2,1-2H3,(H,17,18)(H,19,20). The summed E-state index contributed by atoms with van der Waals surface area (Å²) in [4.78, 5) is 22.6. The molecule has 2 N–H and O–H groups in total. The first-order valence-electron chi connectivity index (χ1n) is 6.16. The summed E-state index contributed by atoms with van der Waals surface area (Å²) in [7, 11) is 0. The minimum absolute atomic E-state index is 0.0475. The normalized spacial score (nSPS) is 11.2. The second-order valence-corrected chi connectivity index (χ2v) is 6.06. The third-order valence-electron chi connectivity index (χ3n) is 3.01. The molecule has 0 bridgehead atoms. The summed E-state index contributed by atoms with van der Waals surface area (Å²) in [6.07, 6.45) is 0.379. The predicted octanol–water partition coefficient (Wildman–Crippen LogP) is 2.75. The van der Waals surface area contributed by atoms with Crippen molar-refractivity contribution in [1.82, 2.24) is 5.32 Å². The van der Waals surface area contributed by atoms with Crippen LogP contribution in [0.2, 0.25) is 0 Å². The molecule has 0 aliphatic heterocycles. The van der Waals surface area contributed by atoms with E-state index in [2.05, 4.69) is 21.2 Å². The smallest absolute Gasteiger partial charge is 0.309 e. The number of nitrogens with one attached hydrogen (secondary N) is 1. The molecule has 0 radical (unpaired) electrons. The van der Waals surface area contributed by atoms with Crippen LogP contribution >= 0.6 is 15.9 Å². The highest BCUT2D eigenvalue weighted by atomic mass is 79.9. The molecule has 0 aliphatic carbocycles. The van der Waals surface area contributed by atoms with Gasteiger partial charge in [0, 0.05) is 11.0 Å². The van der Waals surface area contributed by atoms with E-state index in [0.717, 1.165) is 0 Å². The average Bonchev–Trinajstić information content (AvgIpc) is 2.33. The molecule has 0 fully saturated rings. The van der Waals surface area contributed by atoms with E-state index in [1.54, 1.807) is 19.9 Å². The number of hydrogen-bond donors (Lipinski definition) is 2. The number of aliphatic carboxylic acids is 1. The number of carboxylic acids is 1. The maximum atomic E-state index is 13.1. The highest BCUT2D eigenvalue weighted by Gasteiger charge is 2.26. The number of carboxylic acid groups (broad SMARTS) is 1. The lowest BCUT2D eigenvalue weighted by atomic mass is 9.90. The quantitative estimate of drug-likeness (QED) is 0.832. The number of rotatable bonds is 6. The third kappa shape index (κ3) is 4.92. The molecule has 1 rings (SSSR count). The molecular formula is C14H17BrFNO3. The fraction of sp³-hybridized carbons (Fsp3) is 0.429. The third-order valence-corrected chi connectivity index (χ3v) is 3.78. The first kappa shape index (κ1) is 16.6. The largest absolute Gasteiger partial charge is 0.481 e. The van der Waals surface area contributed by atoms with E-state index in [4.69, 9.17) is 5.11 Å². The topological polar surface area (TPSA) is 66.4 Å². The van der Waals surface area contributed by atoms with E-state index in [1.165, 1.54) is 12.1 Å². The van der Waals surface area contributed by atoms with Crippen LogP contribution in [-0.4, -0.2) is 23.5 Å².